The van der Waals surface area contributed by atoms with Crippen LogP contribution in [0, 0.1) is 5.92 Å². The topological polar surface area (TPSA) is 53.1 Å². The molecule has 19 heavy (non-hydrogen) atoms. The van der Waals surface area contributed by atoms with Crippen LogP contribution >= 0.6 is 0 Å². The third-order valence-electron chi connectivity index (χ3n) is 4.42. The van der Waals surface area contributed by atoms with Gasteiger partial charge >= 0.3 is 0 Å². The van der Waals surface area contributed by atoms with E-state index in [1.165, 1.54) is 25.7 Å². The van der Waals surface area contributed by atoms with Crippen molar-refractivity contribution in [2.45, 2.75) is 38.6 Å². The molecule has 2 N–H and O–H groups in total. The second kappa shape index (κ2) is 4.76. The lowest BCUT2D eigenvalue weighted by atomic mass is 9.99. The molecule has 4 heteroatoms. The fourth-order valence-corrected chi connectivity index (χ4v) is 3.35. The van der Waals surface area contributed by atoms with Crippen LogP contribution in [0.4, 0.5) is 5.95 Å². The van der Waals surface area contributed by atoms with Crippen molar-refractivity contribution in [3.63, 3.8) is 0 Å². The van der Waals surface area contributed by atoms with Crippen LogP contribution in [0.25, 0.3) is 11.0 Å². The van der Waals surface area contributed by atoms with E-state index < -0.39 is 0 Å². The van der Waals surface area contributed by atoms with Gasteiger partial charge in [-0.05, 0) is 37.8 Å². The number of hydrogen-bond donors (Lipinski definition) is 1. The Morgan fingerprint density at radius 2 is 2.11 bits per heavy atom. The number of hydrogen-bond acceptors (Lipinski definition) is 3. The van der Waals surface area contributed by atoms with Gasteiger partial charge in [-0.25, -0.2) is 4.98 Å². The summed E-state index contributed by atoms with van der Waals surface area (Å²) in [6.45, 7) is 2.26. The zero-order valence-corrected chi connectivity index (χ0v) is 11.6. The number of nitrogen functional groups attached to an aromatic ring is 1. The molecule has 3 rings (SSSR count). The van der Waals surface area contributed by atoms with Crippen LogP contribution in [-0.4, -0.2) is 16.7 Å². The SMILES string of the molecule is COc1cccc2c1nc(N)n2C(C)C1CCCC1. The molecule has 1 aliphatic rings. The Kier molecular flexibility index (Phi) is 3.09. The minimum absolute atomic E-state index is 0.402. The molecule has 4 nitrogen and oxygen atoms in total. The maximum atomic E-state index is 6.14. The van der Waals surface area contributed by atoms with E-state index in [2.05, 4.69) is 22.5 Å². The molecule has 1 fully saturated rings. The number of para-hydroxylation sites is 1. The molecule has 2 aromatic rings. The molecule has 0 bridgehead atoms. The zero-order valence-electron chi connectivity index (χ0n) is 11.6. The fraction of sp³-hybridized carbons (Fsp3) is 0.533. The monoisotopic (exact) mass is 259 g/mol. The number of rotatable bonds is 3. The number of methoxy groups -OCH3 is 1. The third kappa shape index (κ3) is 1.95. The summed E-state index contributed by atoms with van der Waals surface area (Å²) in [5.41, 5.74) is 8.09. The molecule has 0 saturated heterocycles. The van der Waals surface area contributed by atoms with E-state index in [-0.39, 0.29) is 0 Å². The van der Waals surface area contributed by atoms with Gasteiger partial charge in [0.25, 0.3) is 0 Å². The first kappa shape index (κ1) is 12.3. The first-order valence-electron chi connectivity index (χ1n) is 7.02. The van der Waals surface area contributed by atoms with Crippen LogP contribution in [-0.2, 0) is 0 Å². The molecule has 1 atom stereocenters. The maximum absolute atomic E-state index is 6.14. The standard InChI is InChI=1S/C15H21N3O/c1-10(11-6-3-4-7-11)18-12-8-5-9-13(19-2)14(12)17-15(18)16/h5,8-11H,3-4,6-7H2,1-2H3,(H2,16,17). The first-order valence-corrected chi connectivity index (χ1v) is 7.02. The Morgan fingerprint density at radius 3 is 2.79 bits per heavy atom. The van der Waals surface area contributed by atoms with Crippen LogP contribution in [0.1, 0.15) is 38.6 Å². The first-order chi connectivity index (χ1) is 9.22. The number of nitrogens with zero attached hydrogens (tertiary/aromatic N) is 2. The molecular weight excluding hydrogens is 238 g/mol. The quantitative estimate of drug-likeness (QED) is 0.919. The Morgan fingerprint density at radius 1 is 1.37 bits per heavy atom. The third-order valence-corrected chi connectivity index (χ3v) is 4.42. The van der Waals surface area contributed by atoms with Crippen LogP contribution in [0.5, 0.6) is 5.75 Å². The highest BCUT2D eigenvalue weighted by Crippen LogP contribution is 2.38. The van der Waals surface area contributed by atoms with E-state index >= 15 is 0 Å². The molecular formula is C15H21N3O. The van der Waals surface area contributed by atoms with Crippen molar-refractivity contribution in [1.29, 1.82) is 0 Å². The van der Waals surface area contributed by atoms with E-state index in [1.807, 2.05) is 12.1 Å². The summed E-state index contributed by atoms with van der Waals surface area (Å²) in [4.78, 5) is 4.49. The van der Waals surface area contributed by atoms with E-state index in [9.17, 15) is 0 Å². The van der Waals surface area contributed by atoms with Gasteiger partial charge in [0.1, 0.15) is 11.3 Å². The van der Waals surface area contributed by atoms with Crippen LogP contribution in [0.3, 0.4) is 0 Å². The van der Waals surface area contributed by atoms with Crippen molar-refractivity contribution in [3.05, 3.63) is 18.2 Å². The zero-order chi connectivity index (χ0) is 13.4. The van der Waals surface area contributed by atoms with Crippen LogP contribution < -0.4 is 10.5 Å². The van der Waals surface area contributed by atoms with Gasteiger partial charge in [-0.15, -0.1) is 0 Å². The number of nitrogens with two attached hydrogens (primary N) is 1. The second-order valence-corrected chi connectivity index (χ2v) is 5.45. The molecule has 1 saturated carbocycles. The molecule has 1 unspecified atom stereocenters. The van der Waals surface area contributed by atoms with Crippen molar-refractivity contribution in [2.24, 2.45) is 5.92 Å². The maximum Gasteiger partial charge on any atom is 0.201 e. The summed E-state index contributed by atoms with van der Waals surface area (Å²) in [7, 11) is 1.67. The number of benzene rings is 1. The van der Waals surface area contributed by atoms with E-state index in [1.54, 1.807) is 7.11 Å². The molecule has 0 amide bonds. The van der Waals surface area contributed by atoms with E-state index in [0.717, 1.165) is 16.8 Å². The largest absolute Gasteiger partial charge is 0.494 e. The molecule has 0 spiro atoms. The van der Waals surface area contributed by atoms with Crippen molar-refractivity contribution >= 4 is 17.0 Å². The summed E-state index contributed by atoms with van der Waals surface area (Å²) in [6, 6.07) is 6.41. The van der Waals surface area contributed by atoms with Gasteiger partial charge in [0.2, 0.25) is 5.95 Å². The van der Waals surface area contributed by atoms with Gasteiger partial charge < -0.3 is 15.0 Å². The van der Waals surface area contributed by atoms with Crippen molar-refractivity contribution in [3.8, 4) is 5.75 Å². The minimum atomic E-state index is 0.402. The Labute approximate surface area is 113 Å². The lowest BCUT2D eigenvalue weighted by Crippen LogP contribution is -2.16. The average Bonchev–Trinajstić information content (AvgIpc) is 3.04. The summed E-state index contributed by atoms with van der Waals surface area (Å²) < 4.78 is 7.54. The van der Waals surface area contributed by atoms with E-state index in [4.69, 9.17) is 10.5 Å². The summed E-state index contributed by atoms with van der Waals surface area (Å²) in [5.74, 6) is 2.10. The minimum Gasteiger partial charge on any atom is -0.494 e. The summed E-state index contributed by atoms with van der Waals surface area (Å²) >= 11 is 0. The highest BCUT2D eigenvalue weighted by atomic mass is 16.5. The smallest absolute Gasteiger partial charge is 0.201 e. The Bertz CT molecular complexity index is 584. The predicted octanol–water partition coefficient (Wildman–Crippen LogP) is 3.38. The molecule has 1 heterocycles. The molecule has 1 aliphatic carbocycles. The highest BCUT2D eigenvalue weighted by molar-refractivity contribution is 5.84. The number of aromatic nitrogens is 2. The molecule has 0 radical (unpaired) electrons. The van der Waals surface area contributed by atoms with Crippen LogP contribution in [0.15, 0.2) is 18.2 Å². The van der Waals surface area contributed by atoms with Gasteiger partial charge in [0.05, 0.1) is 12.6 Å². The van der Waals surface area contributed by atoms with E-state index in [0.29, 0.717) is 17.9 Å². The molecule has 102 valence electrons. The number of ether oxygens (including phenoxy) is 1. The van der Waals surface area contributed by atoms with Crippen molar-refractivity contribution in [2.75, 3.05) is 12.8 Å². The Balaban J connectivity index is 2.09. The van der Waals surface area contributed by atoms with Crippen LogP contribution in [0.2, 0.25) is 0 Å². The van der Waals surface area contributed by atoms with Gasteiger partial charge in [-0.1, -0.05) is 18.9 Å². The van der Waals surface area contributed by atoms with Gasteiger partial charge in [-0.2, -0.15) is 0 Å². The van der Waals surface area contributed by atoms with Crippen molar-refractivity contribution in [1.82, 2.24) is 9.55 Å². The lowest BCUT2D eigenvalue weighted by molar-refractivity contribution is 0.371. The number of anilines is 1. The molecule has 0 aliphatic heterocycles. The molecule has 1 aromatic heterocycles. The predicted molar refractivity (Wildman–Crippen MR) is 77.4 cm³/mol. The van der Waals surface area contributed by atoms with Gasteiger partial charge in [0.15, 0.2) is 0 Å². The number of fused-ring (bicyclic) bond motifs is 1. The number of imidazole rings is 1. The fourth-order valence-electron chi connectivity index (χ4n) is 3.35. The summed E-state index contributed by atoms with van der Waals surface area (Å²) in [6.07, 6.45) is 5.27. The molecule has 1 aromatic carbocycles. The Hall–Kier alpha value is -1.71. The normalized spacial score (nSPS) is 18.0. The average molecular weight is 259 g/mol. The van der Waals surface area contributed by atoms with Gasteiger partial charge in [0, 0.05) is 6.04 Å². The highest BCUT2D eigenvalue weighted by Gasteiger charge is 2.26. The second-order valence-electron chi connectivity index (χ2n) is 5.45. The summed E-state index contributed by atoms with van der Waals surface area (Å²) in [5, 5.41) is 0. The van der Waals surface area contributed by atoms with Gasteiger partial charge in [-0.3, -0.25) is 0 Å². The van der Waals surface area contributed by atoms with Crippen molar-refractivity contribution < 1.29 is 4.74 Å². The lowest BCUT2D eigenvalue weighted by Gasteiger charge is -2.22.